The number of likely N-dealkylation sites (N-methyl/N-ethyl adjacent to an activating group) is 1. The Bertz CT molecular complexity index is 300. The van der Waals surface area contributed by atoms with Gasteiger partial charge in [0.2, 0.25) is 0 Å². The SMILES string of the molecule is C[N+](C)(C)CCOP(=O)(O)OC[C@@H](CONO)ONO. The highest BCUT2D eigenvalue weighted by Crippen LogP contribution is 2.43. The second kappa shape index (κ2) is 9.71. The molecule has 122 valence electrons. The molecule has 0 spiro atoms. The second-order valence-electron chi connectivity index (χ2n) is 4.84. The Hall–Kier alpha value is -0.170. The molecule has 1 unspecified atom stereocenters. The zero-order valence-electron chi connectivity index (χ0n) is 11.7. The first-order valence-electron chi connectivity index (χ1n) is 5.68. The number of phosphoric ester groups is 1. The Kier molecular flexibility index (Phi) is 9.63. The minimum absolute atomic E-state index is 0.0374. The zero-order chi connectivity index (χ0) is 15.6. The van der Waals surface area contributed by atoms with Gasteiger partial charge in [-0.1, -0.05) is 11.3 Å². The highest BCUT2D eigenvalue weighted by atomic mass is 31.2. The Labute approximate surface area is 117 Å². The van der Waals surface area contributed by atoms with Gasteiger partial charge in [0, 0.05) is 0 Å². The fourth-order valence-electron chi connectivity index (χ4n) is 0.966. The smallest absolute Gasteiger partial charge is 0.329 e. The summed E-state index contributed by atoms with van der Waals surface area (Å²) in [6.07, 6.45) is -0.956. The number of quaternary nitrogens is 1. The van der Waals surface area contributed by atoms with Gasteiger partial charge < -0.3 is 9.38 Å². The van der Waals surface area contributed by atoms with Crippen LogP contribution in [0.25, 0.3) is 0 Å². The first-order valence-corrected chi connectivity index (χ1v) is 7.17. The van der Waals surface area contributed by atoms with Gasteiger partial charge in [-0.15, -0.1) is 0 Å². The van der Waals surface area contributed by atoms with E-state index >= 15 is 0 Å². The van der Waals surface area contributed by atoms with Crippen LogP contribution in [0, 0.1) is 0 Å². The van der Waals surface area contributed by atoms with Gasteiger partial charge in [-0.3, -0.25) is 29.1 Å². The molecule has 11 nitrogen and oxygen atoms in total. The van der Waals surface area contributed by atoms with Gasteiger partial charge in [-0.2, -0.15) is 0 Å². The predicted molar refractivity (Wildman–Crippen MR) is 65.3 cm³/mol. The van der Waals surface area contributed by atoms with E-state index in [1.807, 2.05) is 21.1 Å². The van der Waals surface area contributed by atoms with Gasteiger partial charge in [0.1, 0.15) is 25.9 Å². The van der Waals surface area contributed by atoms with Gasteiger partial charge in [0.25, 0.3) is 0 Å². The molecule has 0 aromatic rings. The van der Waals surface area contributed by atoms with E-state index < -0.39 is 20.5 Å². The van der Waals surface area contributed by atoms with E-state index in [0.29, 0.717) is 11.0 Å². The van der Waals surface area contributed by atoms with Crippen LogP contribution in [-0.4, -0.2) is 73.4 Å². The standard InChI is InChI=1S/C8H22N3O8P/c1-11(2,3)4-5-17-20(14,15)18-7-8(19-10-13)6-16-9-12/h8-10,12-13H,4-7H2,1-3H3/p+1/t8-/m1/s1. The highest BCUT2D eigenvalue weighted by molar-refractivity contribution is 7.47. The summed E-state index contributed by atoms with van der Waals surface area (Å²) in [5.41, 5.74) is 2.79. The summed E-state index contributed by atoms with van der Waals surface area (Å²) < 4.78 is 21.5. The lowest BCUT2D eigenvalue weighted by Gasteiger charge is -2.24. The maximum atomic E-state index is 11.5. The van der Waals surface area contributed by atoms with Crippen molar-refractivity contribution in [2.75, 3.05) is 47.5 Å². The van der Waals surface area contributed by atoms with Crippen molar-refractivity contribution in [2.24, 2.45) is 0 Å². The molecule has 0 rings (SSSR count). The molecule has 0 aliphatic carbocycles. The molecule has 0 saturated carbocycles. The minimum Gasteiger partial charge on any atom is -0.329 e. The maximum absolute atomic E-state index is 11.5. The number of phosphoric acid groups is 1. The molecule has 0 bridgehead atoms. The van der Waals surface area contributed by atoms with Crippen molar-refractivity contribution in [3.63, 3.8) is 0 Å². The number of rotatable bonds is 12. The summed E-state index contributed by atoms with van der Waals surface area (Å²) in [6, 6.07) is 0. The van der Waals surface area contributed by atoms with Crippen LogP contribution in [0.15, 0.2) is 0 Å². The molecule has 0 aromatic heterocycles. The molecule has 0 aliphatic rings. The zero-order valence-corrected chi connectivity index (χ0v) is 12.6. The van der Waals surface area contributed by atoms with Crippen molar-refractivity contribution < 1.29 is 43.1 Å². The molecule has 2 atom stereocenters. The number of hydrogen-bond acceptors (Lipinski definition) is 9. The minimum atomic E-state index is -4.23. The molecule has 0 aliphatic heterocycles. The Balaban J connectivity index is 4.06. The van der Waals surface area contributed by atoms with E-state index in [0.717, 1.165) is 0 Å². The Morgan fingerprint density at radius 1 is 1.15 bits per heavy atom. The van der Waals surface area contributed by atoms with Crippen molar-refractivity contribution in [3.8, 4) is 0 Å². The van der Waals surface area contributed by atoms with Crippen LogP contribution in [0.1, 0.15) is 0 Å². The average Bonchev–Trinajstić information content (AvgIpc) is 2.31. The predicted octanol–water partition coefficient (Wildman–Crippen LogP) is -0.984. The Morgan fingerprint density at radius 3 is 2.30 bits per heavy atom. The van der Waals surface area contributed by atoms with Gasteiger partial charge in [-0.05, 0) is 0 Å². The Morgan fingerprint density at radius 2 is 1.80 bits per heavy atom. The molecular weight excluding hydrogens is 297 g/mol. The summed E-state index contributed by atoms with van der Waals surface area (Å²) in [6.45, 7) is -0.115. The highest BCUT2D eigenvalue weighted by Gasteiger charge is 2.25. The molecule has 0 saturated heterocycles. The van der Waals surface area contributed by atoms with Crippen LogP contribution in [0.5, 0.6) is 0 Å². The number of nitrogens with one attached hydrogen (secondary N) is 2. The van der Waals surface area contributed by atoms with Crippen molar-refractivity contribution in [2.45, 2.75) is 6.10 Å². The third-order valence-corrected chi connectivity index (χ3v) is 2.98. The van der Waals surface area contributed by atoms with Crippen LogP contribution in [0.3, 0.4) is 0 Å². The van der Waals surface area contributed by atoms with Crippen molar-refractivity contribution >= 4 is 7.82 Å². The maximum Gasteiger partial charge on any atom is 0.472 e. The summed E-state index contributed by atoms with van der Waals surface area (Å²) in [5, 5.41) is 16.6. The molecule has 20 heavy (non-hydrogen) atoms. The van der Waals surface area contributed by atoms with Crippen LogP contribution >= 0.6 is 7.82 Å². The lowest BCUT2D eigenvalue weighted by atomic mass is 10.4. The van der Waals surface area contributed by atoms with Crippen LogP contribution in [-0.2, 0) is 23.3 Å². The van der Waals surface area contributed by atoms with E-state index in [1.165, 1.54) is 11.3 Å². The fraction of sp³-hybridized carbons (Fsp3) is 1.00. The molecule has 0 heterocycles. The summed E-state index contributed by atoms with van der Waals surface area (Å²) in [7, 11) is 1.49. The first-order chi connectivity index (χ1) is 9.20. The molecule has 0 fully saturated rings. The monoisotopic (exact) mass is 320 g/mol. The lowest BCUT2D eigenvalue weighted by molar-refractivity contribution is -0.870. The van der Waals surface area contributed by atoms with Crippen LogP contribution in [0.2, 0.25) is 0 Å². The molecular formula is C8H23N3O8P+. The van der Waals surface area contributed by atoms with E-state index in [9.17, 15) is 9.46 Å². The van der Waals surface area contributed by atoms with Crippen molar-refractivity contribution in [3.05, 3.63) is 0 Å². The van der Waals surface area contributed by atoms with E-state index in [4.69, 9.17) is 14.9 Å². The number of hydrogen-bond donors (Lipinski definition) is 5. The summed E-state index contributed by atoms with van der Waals surface area (Å²) in [5.74, 6) is 0. The molecule has 0 amide bonds. The quantitative estimate of drug-likeness (QED) is 0.173. The summed E-state index contributed by atoms with van der Waals surface area (Å²) >= 11 is 0. The molecule has 12 heteroatoms. The molecule has 5 N–H and O–H groups in total. The normalized spacial score (nSPS) is 16.9. The van der Waals surface area contributed by atoms with Crippen molar-refractivity contribution in [1.82, 2.24) is 11.3 Å². The third-order valence-electron chi connectivity index (χ3n) is 1.99. The van der Waals surface area contributed by atoms with Gasteiger partial charge >= 0.3 is 7.82 Å². The van der Waals surface area contributed by atoms with Gasteiger partial charge in [-0.25, -0.2) is 4.57 Å². The third kappa shape index (κ3) is 11.6. The fourth-order valence-corrected chi connectivity index (χ4v) is 1.71. The first kappa shape index (κ1) is 19.8. The number of nitrogens with zero attached hydrogens (tertiary/aromatic N) is 1. The average molecular weight is 320 g/mol. The van der Waals surface area contributed by atoms with Crippen LogP contribution < -0.4 is 11.3 Å². The lowest BCUT2D eigenvalue weighted by Crippen LogP contribution is -2.37. The van der Waals surface area contributed by atoms with Crippen molar-refractivity contribution in [1.29, 1.82) is 0 Å². The molecule has 0 aromatic carbocycles. The second-order valence-corrected chi connectivity index (χ2v) is 6.30. The topological polar surface area (TPSA) is 139 Å². The van der Waals surface area contributed by atoms with E-state index in [-0.39, 0.29) is 13.2 Å². The van der Waals surface area contributed by atoms with E-state index in [2.05, 4.69) is 14.2 Å². The largest absolute Gasteiger partial charge is 0.472 e. The van der Waals surface area contributed by atoms with Crippen LogP contribution in [0.4, 0.5) is 0 Å². The summed E-state index contributed by atoms with van der Waals surface area (Å²) in [4.78, 5) is 18.3. The molecule has 0 radical (unpaired) electrons. The van der Waals surface area contributed by atoms with Gasteiger partial charge in [0.15, 0.2) is 0 Å². The van der Waals surface area contributed by atoms with Gasteiger partial charge in [0.05, 0.1) is 27.7 Å². The van der Waals surface area contributed by atoms with E-state index in [1.54, 1.807) is 0 Å².